The third kappa shape index (κ3) is 1.59. The SMILES string of the molecule is CO[C@H]1C(n2cc(C#N)c3c(=O)[nH]c(N)nc32)O[C@@H]2C(O)[C@@]21O. The number of nitrogens with two attached hydrogens (primary N) is 1. The number of aliphatic hydroxyl groups is 2. The number of ether oxygens (including phenoxy) is 2. The van der Waals surface area contributed by atoms with Crippen LogP contribution in [-0.2, 0) is 9.47 Å². The average Bonchev–Trinajstić information content (AvgIpc) is 2.85. The Kier molecular flexibility index (Phi) is 2.65. The zero-order valence-electron chi connectivity index (χ0n) is 11.9. The highest BCUT2D eigenvalue weighted by Gasteiger charge is 2.77. The van der Waals surface area contributed by atoms with Crippen LogP contribution in [0.3, 0.4) is 0 Å². The van der Waals surface area contributed by atoms with E-state index >= 15 is 0 Å². The number of aliphatic hydroxyl groups excluding tert-OH is 1. The minimum absolute atomic E-state index is 0.0771. The normalized spacial score (nSPS) is 35.2. The molecule has 10 nitrogen and oxygen atoms in total. The van der Waals surface area contributed by atoms with Gasteiger partial charge in [-0.1, -0.05) is 0 Å². The van der Waals surface area contributed by atoms with Crippen molar-refractivity contribution >= 4 is 17.0 Å². The molecule has 2 aromatic rings. The molecule has 1 saturated carbocycles. The summed E-state index contributed by atoms with van der Waals surface area (Å²) < 4.78 is 12.3. The van der Waals surface area contributed by atoms with Crippen LogP contribution in [0.5, 0.6) is 0 Å². The molecule has 5 atom stereocenters. The Bertz CT molecular complexity index is 914. The lowest BCUT2D eigenvalue weighted by molar-refractivity contribution is -0.110. The molecule has 1 saturated heterocycles. The maximum Gasteiger partial charge on any atom is 0.263 e. The number of anilines is 1. The van der Waals surface area contributed by atoms with E-state index in [1.54, 1.807) is 0 Å². The fourth-order valence-electron chi connectivity index (χ4n) is 3.28. The molecule has 0 spiro atoms. The van der Waals surface area contributed by atoms with Gasteiger partial charge < -0.3 is 30.0 Å². The first-order valence-electron chi connectivity index (χ1n) is 6.82. The number of nitrogen functional groups attached to an aromatic ring is 1. The van der Waals surface area contributed by atoms with E-state index in [-0.39, 0.29) is 22.5 Å². The molecule has 1 aliphatic carbocycles. The van der Waals surface area contributed by atoms with Crippen LogP contribution < -0.4 is 11.3 Å². The van der Waals surface area contributed by atoms with Crippen molar-refractivity contribution in [1.29, 1.82) is 5.26 Å². The monoisotopic (exact) mass is 319 g/mol. The van der Waals surface area contributed by atoms with Crippen molar-refractivity contribution in [1.82, 2.24) is 14.5 Å². The van der Waals surface area contributed by atoms with Crippen molar-refractivity contribution in [3.8, 4) is 6.07 Å². The number of rotatable bonds is 2. The maximum atomic E-state index is 12.0. The van der Waals surface area contributed by atoms with Gasteiger partial charge in [-0.05, 0) is 0 Å². The summed E-state index contributed by atoms with van der Waals surface area (Å²) in [7, 11) is 1.37. The van der Waals surface area contributed by atoms with Crippen LogP contribution in [-0.4, -0.2) is 55.8 Å². The average molecular weight is 319 g/mol. The fourth-order valence-corrected chi connectivity index (χ4v) is 3.28. The van der Waals surface area contributed by atoms with E-state index < -0.39 is 35.7 Å². The molecule has 10 heteroatoms. The zero-order chi connectivity index (χ0) is 16.5. The number of hydrogen-bond donors (Lipinski definition) is 4. The minimum Gasteiger partial charge on any atom is -0.387 e. The molecule has 1 aliphatic heterocycles. The van der Waals surface area contributed by atoms with Gasteiger partial charge in [-0.15, -0.1) is 0 Å². The van der Waals surface area contributed by atoms with E-state index in [0.29, 0.717) is 0 Å². The van der Waals surface area contributed by atoms with Gasteiger partial charge in [0.1, 0.15) is 29.8 Å². The number of hydrogen-bond acceptors (Lipinski definition) is 8. The molecule has 5 N–H and O–H groups in total. The van der Waals surface area contributed by atoms with Crippen LogP contribution in [0, 0.1) is 11.3 Å². The molecule has 4 rings (SSSR count). The lowest BCUT2D eigenvalue weighted by Gasteiger charge is -2.25. The van der Waals surface area contributed by atoms with Crippen LogP contribution in [0.25, 0.3) is 11.0 Å². The summed E-state index contributed by atoms with van der Waals surface area (Å²) in [4.78, 5) is 18.4. The summed E-state index contributed by atoms with van der Waals surface area (Å²) >= 11 is 0. The third-order valence-electron chi connectivity index (χ3n) is 4.46. The van der Waals surface area contributed by atoms with E-state index in [9.17, 15) is 20.3 Å². The number of methoxy groups -OCH3 is 1. The van der Waals surface area contributed by atoms with Gasteiger partial charge in [-0.2, -0.15) is 10.2 Å². The molecular formula is C13H13N5O5. The van der Waals surface area contributed by atoms with Gasteiger partial charge in [0.05, 0.1) is 5.56 Å². The van der Waals surface area contributed by atoms with Crippen LogP contribution in [0.1, 0.15) is 11.8 Å². The third-order valence-corrected chi connectivity index (χ3v) is 4.46. The maximum absolute atomic E-state index is 12.0. The predicted octanol–water partition coefficient (Wildman–Crippen LogP) is -1.80. The second-order valence-corrected chi connectivity index (χ2v) is 5.65. The highest BCUT2D eigenvalue weighted by atomic mass is 16.6. The zero-order valence-corrected chi connectivity index (χ0v) is 11.9. The molecule has 23 heavy (non-hydrogen) atoms. The molecule has 2 unspecified atom stereocenters. The summed E-state index contributed by atoms with van der Waals surface area (Å²) in [6.45, 7) is 0. The van der Waals surface area contributed by atoms with E-state index in [2.05, 4.69) is 9.97 Å². The van der Waals surface area contributed by atoms with Crippen molar-refractivity contribution in [3.05, 3.63) is 22.1 Å². The number of H-pyrrole nitrogens is 1. The van der Waals surface area contributed by atoms with Gasteiger partial charge in [0.2, 0.25) is 5.95 Å². The van der Waals surface area contributed by atoms with Crippen molar-refractivity contribution < 1.29 is 19.7 Å². The molecule has 0 aromatic carbocycles. The van der Waals surface area contributed by atoms with Gasteiger partial charge in [-0.3, -0.25) is 9.78 Å². The number of nitrogens with one attached hydrogen (secondary N) is 1. The number of aromatic amines is 1. The van der Waals surface area contributed by atoms with Gasteiger partial charge in [-0.25, -0.2) is 0 Å². The first-order valence-corrected chi connectivity index (χ1v) is 6.82. The highest BCUT2D eigenvalue weighted by Crippen LogP contribution is 2.55. The number of fused-ring (bicyclic) bond motifs is 2. The number of nitrogens with zero attached hydrogens (tertiary/aromatic N) is 3. The quantitative estimate of drug-likeness (QED) is 0.504. The molecule has 0 amide bonds. The van der Waals surface area contributed by atoms with E-state index in [1.807, 2.05) is 6.07 Å². The van der Waals surface area contributed by atoms with Crippen LogP contribution in [0.15, 0.2) is 11.0 Å². The van der Waals surface area contributed by atoms with E-state index in [4.69, 9.17) is 15.2 Å². The van der Waals surface area contributed by atoms with Crippen LogP contribution in [0.2, 0.25) is 0 Å². The van der Waals surface area contributed by atoms with Gasteiger partial charge >= 0.3 is 0 Å². The predicted molar refractivity (Wildman–Crippen MR) is 75.1 cm³/mol. The summed E-state index contributed by atoms with van der Waals surface area (Å²) in [6.07, 6.45) is -2.17. The summed E-state index contributed by atoms with van der Waals surface area (Å²) in [5, 5.41) is 29.4. The molecule has 2 fully saturated rings. The molecule has 2 aromatic heterocycles. The van der Waals surface area contributed by atoms with Crippen LogP contribution >= 0.6 is 0 Å². The lowest BCUT2D eigenvalue weighted by atomic mass is 10.1. The molecule has 2 aliphatic rings. The Morgan fingerprint density at radius 1 is 1.65 bits per heavy atom. The van der Waals surface area contributed by atoms with E-state index in [1.165, 1.54) is 17.9 Å². The van der Waals surface area contributed by atoms with Gasteiger partial charge in [0, 0.05) is 13.3 Å². The van der Waals surface area contributed by atoms with Gasteiger partial charge in [0.15, 0.2) is 17.5 Å². The molecular weight excluding hydrogens is 306 g/mol. The molecule has 120 valence electrons. The molecule has 3 heterocycles. The van der Waals surface area contributed by atoms with E-state index in [0.717, 1.165) is 0 Å². The Morgan fingerprint density at radius 3 is 3.04 bits per heavy atom. The first kappa shape index (κ1) is 14.2. The second-order valence-electron chi connectivity index (χ2n) is 5.65. The smallest absolute Gasteiger partial charge is 0.263 e. The van der Waals surface area contributed by atoms with Crippen LogP contribution in [0.4, 0.5) is 5.95 Å². The van der Waals surface area contributed by atoms with Gasteiger partial charge in [0.25, 0.3) is 5.56 Å². The van der Waals surface area contributed by atoms with Crippen molar-refractivity contribution in [2.24, 2.45) is 0 Å². The first-order chi connectivity index (χ1) is 10.9. The van der Waals surface area contributed by atoms with Crippen molar-refractivity contribution in [2.45, 2.75) is 30.1 Å². The fraction of sp³-hybridized carbons (Fsp3) is 0.462. The summed E-state index contributed by atoms with van der Waals surface area (Å²) in [6, 6.07) is 1.92. The Morgan fingerprint density at radius 2 is 2.39 bits per heavy atom. The Labute approximate surface area is 128 Å². The van der Waals surface area contributed by atoms with Crippen molar-refractivity contribution in [3.63, 3.8) is 0 Å². The summed E-state index contributed by atoms with van der Waals surface area (Å²) in [5.74, 6) is -0.109. The highest BCUT2D eigenvalue weighted by molar-refractivity contribution is 5.83. The molecule has 0 bridgehead atoms. The summed E-state index contributed by atoms with van der Waals surface area (Å²) in [5.41, 5.74) is 3.75. The lowest BCUT2D eigenvalue weighted by Crippen LogP contribution is -2.38. The minimum atomic E-state index is -1.52. The topological polar surface area (TPSA) is 159 Å². The molecule has 0 radical (unpaired) electrons. The Hall–Kier alpha value is -2.45. The Balaban J connectivity index is 1.91. The standard InChI is InChI=1S/C13H13N5O5/c1-22-8-11(23-7-6(19)13(7,8)21)18-3-4(2-14)5-9(18)16-12(15)17-10(5)20/h3,6-8,11,19,21H,1H3,(H3,15,16,17,20)/t6?,7-,8+,11?,13-/m1/s1. The second kappa shape index (κ2) is 4.30. The number of aromatic nitrogens is 3. The largest absolute Gasteiger partial charge is 0.387 e. The number of nitriles is 1. The van der Waals surface area contributed by atoms with Crippen molar-refractivity contribution in [2.75, 3.05) is 12.8 Å².